The first-order valence-corrected chi connectivity index (χ1v) is 4.56. The van der Waals surface area contributed by atoms with E-state index in [1.165, 1.54) is 12.1 Å². The van der Waals surface area contributed by atoms with Crippen molar-refractivity contribution < 1.29 is 9.13 Å². The van der Waals surface area contributed by atoms with Crippen LogP contribution >= 0.6 is 0 Å². The van der Waals surface area contributed by atoms with Crippen molar-refractivity contribution in [2.24, 2.45) is 0 Å². The van der Waals surface area contributed by atoms with Crippen LogP contribution in [0.1, 0.15) is 0 Å². The normalized spacial score (nSPS) is 10.0. The van der Waals surface area contributed by atoms with Crippen molar-refractivity contribution in [3.63, 3.8) is 0 Å². The monoisotopic (exact) mass is 203 g/mol. The second kappa shape index (κ2) is 4.09. The summed E-state index contributed by atoms with van der Waals surface area (Å²) >= 11 is 0. The quantitative estimate of drug-likeness (QED) is 0.748. The van der Waals surface area contributed by atoms with Crippen LogP contribution in [0.2, 0.25) is 0 Å². The van der Waals surface area contributed by atoms with E-state index in [0.29, 0.717) is 5.88 Å². The first kappa shape index (κ1) is 9.65. The maximum atomic E-state index is 13.0. The van der Waals surface area contributed by atoms with Gasteiger partial charge in [0.05, 0.1) is 7.11 Å². The predicted octanol–water partition coefficient (Wildman–Crippen LogP) is 2.90. The summed E-state index contributed by atoms with van der Waals surface area (Å²) in [6.07, 6.45) is 1.64. The van der Waals surface area contributed by atoms with Gasteiger partial charge in [-0.15, -0.1) is 0 Å². The number of nitrogens with zero attached hydrogens (tertiary/aromatic N) is 1. The van der Waals surface area contributed by atoms with Crippen molar-refractivity contribution in [3.8, 4) is 17.0 Å². The molecule has 2 nitrogen and oxygen atoms in total. The highest BCUT2D eigenvalue weighted by Crippen LogP contribution is 2.27. The van der Waals surface area contributed by atoms with E-state index in [1.54, 1.807) is 25.4 Å². The lowest BCUT2D eigenvalue weighted by Gasteiger charge is -2.06. The molecule has 0 fully saturated rings. The van der Waals surface area contributed by atoms with Gasteiger partial charge in [-0.3, -0.25) is 0 Å². The summed E-state index contributed by atoms with van der Waals surface area (Å²) in [6.45, 7) is 0. The largest absolute Gasteiger partial charge is 0.481 e. The number of halogens is 1. The zero-order chi connectivity index (χ0) is 10.7. The molecule has 76 valence electrons. The summed E-state index contributed by atoms with van der Waals surface area (Å²) in [7, 11) is 1.55. The highest BCUT2D eigenvalue weighted by molar-refractivity contribution is 5.68. The molecule has 0 bridgehead atoms. The third kappa shape index (κ3) is 1.96. The summed E-state index contributed by atoms with van der Waals surface area (Å²) in [5, 5.41) is 0. The summed E-state index contributed by atoms with van der Waals surface area (Å²) in [4.78, 5) is 4.06. The van der Waals surface area contributed by atoms with Gasteiger partial charge in [0.15, 0.2) is 0 Å². The van der Waals surface area contributed by atoms with Crippen molar-refractivity contribution in [2.45, 2.75) is 0 Å². The van der Waals surface area contributed by atoms with Crippen LogP contribution in [-0.4, -0.2) is 12.1 Å². The molecule has 0 radical (unpaired) electrons. The summed E-state index contributed by atoms with van der Waals surface area (Å²) in [5.41, 5.74) is 1.56. The number of pyridine rings is 1. The number of hydrogen-bond acceptors (Lipinski definition) is 2. The van der Waals surface area contributed by atoms with E-state index in [-0.39, 0.29) is 5.82 Å². The van der Waals surface area contributed by atoms with Gasteiger partial charge in [-0.1, -0.05) is 12.1 Å². The van der Waals surface area contributed by atoms with Gasteiger partial charge in [-0.05, 0) is 29.8 Å². The summed E-state index contributed by atoms with van der Waals surface area (Å²) < 4.78 is 18.1. The minimum absolute atomic E-state index is 0.265. The molecule has 2 aromatic rings. The number of hydrogen-bond donors (Lipinski definition) is 0. The molecule has 0 saturated carbocycles. The Morgan fingerprint density at radius 2 is 2.07 bits per heavy atom. The van der Waals surface area contributed by atoms with Crippen molar-refractivity contribution in [3.05, 3.63) is 48.4 Å². The van der Waals surface area contributed by atoms with E-state index in [4.69, 9.17) is 4.74 Å². The molecule has 0 unspecified atom stereocenters. The van der Waals surface area contributed by atoms with Gasteiger partial charge >= 0.3 is 0 Å². The van der Waals surface area contributed by atoms with Crippen molar-refractivity contribution in [2.75, 3.05) is 7.11 Å². The smallest absolute Gasteiger partial charge is 0.221 e. The number of methoxy groups -OCH3 is 1. The predicted molar refractivity (Wildman–Crippen MR) is 56.2 cm³/mol. The van der Waals surface area contributed by atoms with E-state index in [1.807, 2.05) is 12.1 Å². The van der Waals surface area contributed by atoms with Crippen molar-refractivity contribution in [1.29, 1.82) is 0 Å². The third-order valence-electron chi connectivity index (χ3n) is 2.10. The highest BCUT2D eigenvalue weighted by Gasteiger charge is 2.06. The average Bonchev–Trinajstić information content (AvgIpc) is 2.29. The number of benzene rings is 1. The molecule has 0 aliphatic heterocycles. The minimum Gasteiger partial charge on any atom is -0.481 e. The Labute approximate surface area is 87.4 Å². The number of aromatic nitrogens is 1. The van der Waals surface area contributed by atoms with E-state index >= 15 is 0 Å². The molecule has 0 N–H and O–H groups in total. The fourth-order valence-corrected chi connectivity index (χ4v) is 1.43. The second-order valence-electron chi connectivity index (χ2n) is 3.07. The average molecular weight is 203 g/mol. The Balaban J connectivity index is 2.53. The molecular formula is C12H10FNO. The van der Waals surface area contributed by atoms with Gasteiger partial charge in [0.2, 0.25) is 5.88 Å². The lowest BCUT2D eigenvalue weighted by Crippen LogP contribution is -1.90. The molecular weight excluding hydrogens is 193 g/mol. The van der Waals surface area contributed by atoms with E-state index in [0.717, 1.165) is 11.1 Å². The lowest BCUT2D eigenvalue weighted by molar-refractivity contribution is 0.399. The maximum Gasteiger partial charge on any atom is 0.221 e. The van der Waals surface area contributed by atoms with E-state index < -0.39 is 0 Å². The van der Waals surface area contributed by atoms with Crippen LogP contribution in [-0.2, 0) is 0 Å². The van der Waals surface area contributed by atoms with Crippen LogP contribution in [0.25, 0.3) is 11.1 Å². The Bertz CT molecular complexity index is 471. The van der Waals surface area contributed by atoms with Gasteiger partial charge in [0, 0.05) is 11.8 Å². The van der Waals surface area contributed by atoms with Gasteiger partial charge < -0.3 is 4.74 Å². The molecule has 1 aromatic heterocycles. The van der Waals surface area contributed by atoms with Crippen LogP contribution in [0.15, 0.2) is 42.6 Å². The molecule has 1 heterocycles. The molecule has 0 atom stereocenters. The van der Waals surface area contributed by atoms with Gasteiger partial charge in [-0.2, -0.15) is 0 Å². The fraction of sp³-hybridized carbons (Fsp3) is 0.0833. The fourth-order valence-electron chi connectivity index (χ4n) is 1.43. The van der Waals surface area contributed by atoms with Crippen LogP contribution < -0.4 is 4.74 Å². The topological polar surface area (TPSA) is 22.1 Å². The lowest BCUT2D eigenvalue weighted by atomic mass is 10.1. The molecule has 2 rings (SSSR count). The second-order valence-corrected chi connectivity index (χ2v) is 3.07. The molecule has 3 heteroatoms. The maximum absolute atomic E-state index is 13.0. The highest BCUT2D eigenvalue weighted by atomic mass is 19.1. The molecule has 1 aromatic carbocycles. The molecule has 0 saturated heterocycles. The number of rotatable bonds is 2. The Morgan fingerprint density at radius 3 is 2.80 bits per heavy atom. The van der Waals surface area contributed by atoms with Crippen LogP contribution in [0.4, 0.5) is 4.39 Å². The molecule has 0 aliphatic rings. The first-order valence-electron chi connectivity index (χ1n) is 4.56. The summed E-state index contributed by atoms with van der Waals surface area (Å²) in [5.74, 6) is 0.238. The Morgan fingerprint density at radius 1 is 1.20 bits per heavy atom. The molecule has 0 spiro atoms. The van der Waals surface area contributed by atoms with E-state index in [2.05, 4.69) is 4.98 Å². The first-order chi connectivity index (χ1) is 7.31. The summed E-state index contributed by atoms with van der Waals surface area (Å²) in [6, 6.07) is 10.00. The van der Waals surface area contributed by atoms with Crippen molar-refractivity contribution in [1.82, 2.24) is 4.98 Å². The van der Waals surface area contributed by atoms with Crippen LogP contribution in [0.3, 0.4) is 0 Å². The standard InChI is InChI=1S/C12H10FNO/c1-15-12-11(6-3-7-14-12)9-4-2-5-10(13)8-9/h2-8H,1H3. The zero-order valence-corrected chi connectivity index (χ0v) is 8.27. The zero-order valence-electron chi connectivity index (χ0n) is 8.27. The third-order valence-corrected chi connectivity index (χ3v) is 2.10. The molecule has 15 heavy (non-hydrogen) atoms. The van der Waals surface area contributed by atoms with E-state index in [9.17, 15) is 4.39 Å². The van der Waals surface area contributed by atoms with Crippen LogP contribution in [0, 0.1) is 5.82 Å². The Hall–Kier alpha value is -1.90. The SMILES string of the molecule is COc1ncccc1-c1cccc(F)c1. The van der Waals surface area contributed by atoms with Crippen molar-refractivity contribution >= 4 is 0 Å². The van der Waals surface area contributed by atoms with Gasteiger partial charge in [0.25, 0.3) is 0 Å². The minimum atomic E-state index is -0.265. The van der Waals surface area contributed by atoms with Gasteiger partial charge in [0.1, 0.15) is 5.82 Å². The number of ether oxygens (including phenoxy) is 1. The van der Waals surface area contributed by atoms with Gasteiger partial charge in [-0.25, -0.2) is 9.37 Å². The molecule has 0 amide bonds. The Kier molecular flexibility index (Phi) is 2.63. The molecule has 0 aliphatic carbocycles. The van der Waals surface area contributed by atoms with Crippen LogP contribution in [0.5, 0.6) is 5.88 Å².